The SMILES string of the molecule is O=C(c1ccc(F)cc1)N1CCC2(CC=NO2)CC1. The van der Waals surface area contributed by atoms with Crippen LogP contribution in [0.3, 0.4) is 0 Å². The first-order valence-corrected chi connectivity index (χ1v) is 6.43. The van der Waals surface area contributed by atoms with Crippen LogP contribution in [0.15, 0.2) is 29.4 Å². The number of nitrogens with zero attached hydrogens (tertiary/aromatic N) is 2. The van der Waals surface area contributed by atoms with Gasteiger partial charge in [-0.05, 0) is 24.3 Å². The third-order valence-corrected chi connectivity index (χ3v) is 3.84. The number of oxime groups is 1. The summed E-state index contributed by atoms with van der Waals surface area (Å²) in [6.07, 6.45) is 4.20. The van der Waals surface area contributed by atoms with Crippen molar-refractivity contribution in [3.8, 4) is 0 Å². The average molecular weight is 262 g/mol. The van der Waals surface area contributed by atoms with E-state index in [2.05, 4.69) is 5.16 Å². The minimum atomic E-state index is -0.328. The summed E-state index contributed by atoms with van der Waals surface area (Å²) >= 11 is 0. The fraction of sp³-hybridized carbons (Fsp3) is 0.429. The van der Waals surface area contributed by atoms with Gasteiger partial charge in [0.15, 0.2) is 0 Å². The highest BCUT2D eigenvalue weighted by Gasteiger charge is 2.39. The number of carbonyl (C=O) groups excluding carboxylic acids is 1. The first kappa shape index (κ1) is 12.1. The summed E-state index contributed by atoms with van der Waals surface area (Å²) in [6.45, 7) is 1.30. The second kappa shape index (κ2) is 4.64. The number of benzene rings is 1. The number of carbonyl (C=O) groups is 1. The van der Waals surface area contributed by atoms with Gasteiger partial charge in [0.25, 0.3) is 5.91 Å². The third kappa shape index (κ3) is 2.32. The Hall–Kier alpha value is -1.91. The Kier molecular flexibility index (Phi) is 2.97. The van der Waals surface area contributed by atoms with Crippen molar-refractivity contribution in [2.24, 2.45) is 5.16 Å². The van der Waals surface area contributed by atoms with Crippen molar-refractivity contribution >= 4 is 12.1 Å². The quantitative estimate of drug-likeness (QED) is 0.778. The van der Waals surface area contributed by atoms with Gasteiger partial charge in [0.2, 0.25) is 0 Å². The topological polar surface area (TPSA) is 41.9 Å². The fourth-order valence-electron chi connectivity index (χ4n) is 2.58. The largest absolute Gasteiger partial charge is 0.389 e. The van der Waals surface area contributed by atoms with Crippen LogP contribution in [-0.4, -0.2) is 35.7 Å². The van der Waals surface area contributed by atoms with E-state index in [1.807, 2.05) is 0 Å². The molecule has 19 heavy (non-hydrogen) atoms. The molecule has 0 bridgehead atoms. The van der Waals surface area contributed by atoms with Gasteiger partial charge in [0, 0.05) is 44.1 Å². The van der Waals surface area contributed by atoms with Crippen LogP contribution in [0.1, 0.15) is 29.6 Å². The fourth-order valence-corrected chi connectivity index (χ4v) is 2.58. The molecular weight excluding hydrogens is 247 g/mol. The zero-order valence-corrected chi connectivity index (χ0v) is 10.5. The van der Waals surface area contributed by atoms with Crippen LogP contribution >= 0.6 is 0 Å². The van der Waals surface area contributed by atoms with Crippen molar-refractivity contribution in [1.29, 1.82) is 0 Å². The molecular formula is C14H15FN2O2. The van der Waals surface area contributed by atoms with E-state index < -0.39 is 0 Å². The predicted octanol–water partition coefficient (Wildman–Crippen LogP) is 2.21. The molecule has 1 amide bonds. The number of amides is 1. The van der Waals surface area contributed by atoms with E-state index in [1.165, 1.54) is 24.3 Å². The second-order valence-corrected chi connectivity index (χ2v) is 5.07. The van der Waals surface area contributed by atoms with E-state index in [4.69, 9.17) is 4.84 Å². The molecule has 0 aromatic heterocycles. The van der Waals surface area contributed by atoms with E-state index in [-0.39, 0.29) is 17.3 Å². The summed E-state index contributed by atoms with van der Waals surface area (Å²) in [6, 6.07) is 5.67. The lowest BCUT2D eigenvalue weighted by Crippen LogP contribution is -2.46. The molecule has 0 atom stereocenters. The Labute approximate surface area is 110 Å². The van der Waals surface area contributed by atoms with Gasteiger partial charge < -0.3 is 9.74 Å². The molecule has 100 valence electrons. The molecule has 0 saturated carbocycles. The normalized spacial score (nSPS) is 20.6. The summed E-state index contributed by atoms with van der Waals surface area (Å²) in [7, 11) is 0. The molecule has 4 nitrogen and oxygen atoms in total. The molecule has 0 N–H and O–H groups in total. The summed E-state index contributed by atoms with van der Waals surface area (Å²) < 4.78 is 12.8. The Bertz CT molecular complexity index is 495. The van der Waals surface area contributed by atoms with Gasteiger partial charge in [-0.2, -0.15) is 0 Å². The Morgan fingerprint density at radius 1 is 1.26 bits per heavy atom. The number of rotatable bonds is 1. The smallest absolute Gasteiger partial charge is 0.253 e. The predicted molar refractivity (Wildman–Crippen MR) is 68.5 cm³/mol. The number of hydrogen-bond acceptors (Lipinski definition) is 3. The molecule has 0 radical (unpaired) electrons. The van der Waals surface area contributed by atoms with Gasteiger partial charge in [-0.15, -0.1) is 0 Å². The molecule has 0 unspecified atom stereocenters. The Morgan fingerprint density at radius 2 is 1.95 bits per heavy atom. The zero-order valence-electron chi connectivity index (χ0n) is 10.5. The number of hydrogen-bond donors (Lipinski definition) is 0. The van der Waals surface area contributed by atoms with Crippen molar-refractivity contribution in [2.45, 2.75) is 24.9 Å². The van der Waals surface area contributed by atoms with Gasteiger partial charge in [0.05, 0.1) is 0 Å². The van der Waals surface area contributed by atoms with Crippen molar-refractivity contribution in [3.63, 3.8) is 0 Å². The number of piperidine rings is 1. The van der Waals surface area contributed by atoms with E-state index in [0.29, 0.717) is 18.7 Å². The molecule has 2 aliphatic heterocycles. The summed E-state index contributed by atoms with van der Waals surface area (Å²) in [5.41, 5.74) is 0.334. The van der Waals surface area contributed by atoms with E-state index in [1.54, 1.807) is 11.1 Å². The third-order valence-electron chi connectivity index (χ3n) is 3.84. The highest BCUT2D eigenvalue weighted by atomic mass is 19.1. The molecule has 5 heteroatoms. The van der Waals surface area contributed by atoms with Crippen LogP contribution in [0, 0.1) is 5.82 Å². The molecule has 1 aromatic rings. The van der Waals surface area contributed by atoms with Gasteiger partial charge in [-0.25, -0.2) is 4.39 Å². The van der Waals surface area contributed by atoms with Crippen molar-refractivity contribution in [3.05, 3.63) is 35.6 Å². The summed E-state index contributed by atoms with van der Waals surface area (Å²) in [5.74, 6) is -0.376. The zero-order chi connectivity index (χ0) is 13.3. The molecule has 2 heterocycles. The van der Waals surface area contributed by atoms with Crippen LogP contribution in [0.2, 0.25) is 0 Å². The molecule has 1 spiro atoms. The maximum absolute atomic E-state index is 12.8. The second-order valence-electron chi connectivity index (χ2n) is 5.07. The van der Waals surface area contributed by atoms with Gasteiger partial charge in [-0.3, -0.25) is 4.79 Å². The Balaban J connectivity index is 1.65. The lowest BCUT2D eigenvalue weighted by molar-refractivity contribution is -0.0568. The van der Waals surface area contributed by atoms with Crippen molar-refractivity contribution in [1.82, 2.24) is 4.90 Å². The summed E-state index contributed by atoms with van der Waals surface area (Å²) in [4.78, 5) is 19.5. The maximum atomic E-state index is 12.8. The van der Waals surface area contributed by atoms with Crippen LogP contribution in [0.25, 0.3) is 0 Å². The average Bonchev–Trinajstić information content (AvgIpc) is 2.88. The van der Waals surface area contributed by atoms with Crippen LogP contribution < -0.4 is 0 Å². The first-order valence-electron chi connectivity index (χ1n) is 6.43. The molecule has 1 saturated heterocycles. The van der Waals surface area contributed by atoms with Gasteiger partial charge in [0.1, 0.15) is 11.4 Å². The van der Waals surface area contributed by atoms with Crippen molar-refractivity contribution in [2.75, 3.05) is 13.1 Å². The van der Waals surface area contributed by atoms with Crippen LogP contribution in [0.5, 0.6) is 0 Å². The van der Waals surface area contributed by atoms with Gasteiger partial charge >= 0.3 is 0 Å². The lowest BCUT2D eigenvalue weighted by atomic mass is 9.89. The summed E-state index contributed by atoms with van der Waals surface area (Å²) in [5, 5.41) is 3.83. The maximum Gasteiger partial charge on any atom is 0.253 e. The van der Waals surface area contributed by atoms with E-state index >= 15 is 0 Å². The first-order chi connectivity index (χ1) is 9.19. The van der Waals surface area contributed by atoms with E-state index in [9.17, 15) is 9.18 Å². The molecule has 3 rings (SSSR count). The standard InChI is InChI=1S/C14H15FN2O2/c15-12-3-1-11(2-4-12)13(18)17-9-6-14(7-10-17)5-8-16-19-14/h1-4,8H,5-7,9-10H2. The minimum absolute atomic E-state index is 0.0474. The van der Waals surface area contributed by atoms with E-state index in [0.717, 1.165) is 19.3 Å². The van der Waals surface area contributed by atoms with Gasteiger partial charge in [-0.1, -0.05) is 5.16 Å². The molecule has 1 aromatic carbocycles. The minimum Gasteiger partial charge on any atom is -0.389 e. The highest BCUT2D eigenvalue weighted by molar-refractivity contribution is 5.94. The molecule has 2 aliphatic rings. The number of likely N-dealkylation sites (tertiary alicyclic amines) is 1. The monoisotopic (exact) mass is 262 g/mol. The lowest BCUT2D eigenvalue weighted by Gasteiger charge is -2.37. The number of halogens is 1. The molecule has 0 aliphatic carbocycles. The molecule has 1 fully saturated rings. The van der Waals surface area contributed by atoms with Crippen LogP contribution in [0.4, 0.5) is 4.39 Å². The van der Waals surface area contributed by atoms with Crippen molar-refractivity contribution < 1.29 is 14.0 Å². The van der Waals surface area contributed by atoms with Crippen LogP contribution in [-0.2, 0) is 4.84 Å². The highest BCUT2D eigenvalue weighted by Crippen LogP contribution is 2.32. The Morgan fingerprint density at radius 3 is 2.53 bits per heavy atom.